The van der Waals surface area contributed by atoms with Gasteiger partial charge in [0.15, 0.2) is 5.78 Å². The van der Waals surface area contributed by atoms with E-state index in [9.17, 15) is 4.79 Å². The number of carbonyl (C=O) groups excluding carboxylic acids is 1. The number of rotatable bonds is 3. The van der Waals surface area contributed by atoms with Crippen LogP contribution in [0, 0.1) is 0 Å². The Kier molecular flexibility index (Phi) is 2.17. The van der Waals surface area contributed by atoms with Gasteiger partial charge in [0, 0.05) is 30.3 Å². The van der Waals surface area contributed by atoms with Crippen LogP contribution in [0.15, 0.2) is 34.8 Å². The van der Waals surface area contributed by atoms with Gasteiger partial charge in [0.25, 0.3) is 0 Å². The Labute approximate surface area is 76.4 Å². The molecule has 3 nitrogen and oxygen atoms in total. The molecule has 0 atom stereocenters. The van der Waals surface area contributed by atoms with Crippen molar-refractivity contribution >= 4 is 5.78 Å². The van der Waals surface area contributed by atoms with E-state index in [1.807, 2.05) is 6.07 Å². The van der Waals surface area contributed by atoms with Gasteiger partial charge in [-0.3, -0.25) is 4.79 Å². The smallest absolute Gasteiger partial charge is 0.157 e. The van der Waals surface area contributed by atoms with E-state index in [1.165, 1.54) is 0 Å². The van der Waals surface area contributed by atoms with E-state index in [2.05, 4.69) is 5.32 Å². The van der Waals surface area contributed by atoms with E-state index in [1.54, 1.807) is 18.6 Å². The number of hydrogen-bond acceptors (Lipinski definition) is 3. The summed E-state index contributed by atoms with van der Waals surface area (Å²) in [7, 11) is 0. The molecule has 0 bridgehead atoms. The Hall–Kier alpha value is -1.51. The van der Waals surface area contributed by atoms with Gasteiger partial charge in [0.2, 0.25) is 0 Å². The highest BCUT2D eigenvalue weighted by atomic mass is 16.3. The molecule has 0 radical (unpaired) electrons. The third-order valence-electron chi connectivity index (χ3n) is 2.08. The maximum absolute atomic E-state index is 10.9. The topological polar surface area (TPSA) is 42.2 Å². The third kappa shape index (κ3) is 1.99. The highest BCUT2D eigenvalue weighted by Gasteiger charge is 2.10. The van der Waals surface area contributed by atoms with Gasteiger partial charge in [-0.2, -0.15) is 0 Å². The van der Waals surface area contributed by atoms with Gasteiger partial charge in [0.1, 0.15) is 0 Å². The third-order valence-corrected chi connectivity index (χ3v) is 2.08. The standard InChI is InChI=1S/C10H11NO2/c12-10-2-1-9(5-10)11-6-8-3-4-13-7-8/h3-5,7,11H,1-2,6H2. The molecule has 0 amide bonds. The Morgan fingerprint density at radius 1 is 1.46 bits per heavy atom. The molecular weight excluding hydrogens is 166 g/mol. The van der Waals surface area contributed by atoms with Crippen LogP contribution in [0.25, 0.3) is 0 Å². The van der Waals surface area contributed by atoms with Crippen LogP contribution in [0.1, 0.15) is 18.4 Å². The zero-order chi connectivity index (χ0) is 9.10. The molecule has 0 saturated heterocycles. The lowest BCUT2D eigenvalue weighted by molar-refractivity contribution is -0.114. The predicted octanol–water partition coefficient (Wildman–Crippen LogP) is 1.62. The van der Waals surface area contributed by atoms with Gasteiger partial charge >= 0.3 is 0 Å². The molecule has 0 aromatic carbocycles. The molecule has 1 aliphatic carbocycles. The zero-order valence-corrected chi connectivity index (χ0v) is 7.25. The van der Waals surface area contributed by atoms with Gasteiger partial charge in [-0.15, -0.1) is 0 Å². The molecule has 68 valence electrons. The normalized spacial score (nSPS) is 16.0. The second kappa shape index (κ2) is 3.47. The SMILES string of the molecule is O=C1C=C(NCc2ccoc2)CC1. The average molecular weight is 177 g/mol. The lowest BCUT2D eigenvalue weighted by Gasteiger charge is -2.03. The van der Waals surface area contributed by atoms with E-state index in [0.29, 0.717) is 6.42 Å². The van der Waals surface area contributed by atoms with Gasteiger partial charge < -0.3 is 9.73 Å². The molecular formula is C10H11NO2. The highest BCUT2D eigenvalue weighted by molar-refractivity contribution is 5.92. The molecule has 1 aliphatic rings. The number of nitrogens with one attached hydrogen (secondary N) is 1. The highest BCUT2D eigenvalue weighted by Crippen LogP contribution is 2.12. The van der Waals surface area contributed by atoms with Crippen LogP contribution >= 0.6 is 0 Å². The summed E-state index contributed by atoms with van der Waals surface area (Å²) >= 11 is 0. The van der Waals surface area contributed by atoms with Crippen molar-refractivity contribution in [3.8, 4) is 0 Å². The first-order valence-corrected chi connectivity index (χ1v) is 4.33. The molecule has 3 heteroatoms. The molecule has 2 rings (SSSR count). The van der Waals surface area contributed by atoms with Crippen molar-refractivity contribution in [2.45, 2.75) is 19.4 Å². The molecule has 1 N–H and O–H groups in total. The van der Waals surface area contributed by atoms with E-state index >= 15 is 0 Å². The fourth-order valence-corrected chi connectivity index (χ4v) is 1.34. The van der Waals surface area contributed by atoms with Crippen molar-refractivity contribution in [2.24, 2.45) is 0 Å². The summed E-state index contributed by atoms with van der Waals surface area (Å²) in [5.74, 6) is 0.217. The summed E-state index contributed by atoms with van der Waals surface area (Å²) in [4.78, 5) is 10.9. The van der Waals surface area contributed by atoms with Gasteiger partial charge in [-0.25, -0.2) is 0 Å². The minimum atomic E-state index is 0.217. The second-order valence-electron chi connectivity index (χ2n) is 3.12. The monoisotopic (exact) mass is 177 g/mol. The molecule has 0 spiro atoms. The molecule has 0 fully saturated rings. The average Bonchev–Trinajstić information content (AvgIpc) is 2.71. The van der Waals surface area contributed by atoms with Crippen LogP contribution in [0.2, 0.25) is 0 Å². The zero-order valence-electron chi connectivity index (χ0n) is 7.25. The number of carbonyl (C=O) groups is 1. The molecule has 0 saturated carbocycles. The summed E-state index contributed by atoms with van der Waals surface area (Å²) in [5, 5.41) is 3.19. The predicted molar refractivity (Wildman–Crippen MR) is 47.9 cm³/mol. The number of furan rings is 1. The molecule has 1 aromatic heterocycles. The van der Waals surface area contributed by atoms with Crippen LogP contribution in [0.4, 0.5) is 0 Å². The summed E-state index contributed by atoms with van der Waals surface area (Å²) in [6.45, 7) is 0.732. The van der Waals surface area contributed by atoms with Crippen LogP contribution in [0.5, 0.6) is 0 Å². The molecule has 1 aromatic rings. The number of hydrogen-bond donors (Lipinski definition) is 1. The second-order valence-corrected chi connectivity index (χ2v) is 3.12. The fraction of sp³-hybridized carbons (Fsp3) is 0.300. The summed E-state index contributed by atoms with van der Waals surface area (Å²) in [5.41, 5.74) is 2.13. The number of ketones is 1. The molecule has 0 unspecified atom stereocenters. The minimum Gasteiger partial charge on any atom is -0.472 e. The fourth-order valence-electron chi connectivity index (χ4n) is 1.34. The molecule has 1 heterocycles. The first-order chi connectivity index (χ1) is 6.34. The molecule has 0 aliphatic heterocycles. The lowest BCUT2D eigenvalue weighted by Crippen LogP contribution is -2.10. The summed E-state index contributed by atoms with van der Waals surface area (Å²) in [6.07, 6.45) is 6.51. The van der Waals surface area contributed by atoms with E-state index in [4.69, 9.17) is 4.42 Å². The summed E-state index contributed by atoms with van der Waals surface area (Å²) < 4.78 is 4.92. The quantitative estimate of drug-likeness (QED) is 0.762. The Bertz CT molecular complexity index is 325. The van der Waals surface area contributed by atoms with E-state index < -0.39 is 0 Å². The maximum atomic E-state index is 10.9. The van der Waals surface area contributed by atoms with Crippen molar-refractivity contribution in [2.75, 3.05) is 0 Å². The first-order valence-electron chi connectivity index (χ1n) is 4.33. The Morgan fingerprint density at radius 2 is 2.38 bits per heavy atom. The maximum Gasteiger partial charge on any atom is 0.157 e. The van der Waals surface area contributed by atoms with E-state index in [0.717, 1.165) is 24.2 Å². The van der Waals surface area contributed by atoms with Crippen molar-refractivity contribution in [1.29, 1.82) is 0 Å². The Morgan fingerprint density at radius 3 is 3.00 bits per heavy atom. The lowest BCUT2D eigenvalue weighted by atomic mass is 10.3. The van der Waals surface area contributed by atoms with Crippen molar-refractivity contribution < 1.29 is 9.21 Å². The Balaban J connectivity index is 1.87. The number of allylic oxidation sites excluding steroid dienone is 2. The van der Waals surface area contributed by atoms with Gasteiger partial charge in [-0.05, 0) is 12.5 Å². The van der Waals surface area contributed by atoms with Crippen LogP contribution in [0.3, 0.4) is 0 Å². The summed E-state index contributed by atoms with van der Waals surface area (Å²) in [6, 6.07) is 1.91. The molecule has 13 heavy (non-hydrogen) atoms. The van der Waals surface area contributed by atoms with Crippen LogP contribution < -0.4 is 5.32 Å². The largest absolute Gasteiger partial charge is 0.472 e. The van der Waals surface area contributed by atoms with Crippen molar-refractivity contribution in [1.82, 2.24) is 5.32 Å². The van der Waals surface area contributed by atoms with Crippen LogP contribution in [-0.4, -0.2) is 5.78 Å². The van der Waals surface area contributed by atoms with Gasteiger partial charge in [-0.1, -0.05) is 0 Å². The van der Waals surface area contributed by atoms with Crippen molar-refractivity contribution in [3.05, 3.63) is 35.9 Å². The first kappa shape index (κ1) is 8.10. The van der Waals surface area contributed by atoms with Crippen LogP contribution in [-0.2, 0) is 11.3 Å². The minimum absolute atomic E-state index is 0.217. The van der Waals surface area contributed by atoms with Crippen molar-refractivity contribution in [3.63, 3.8) is 0 Å². The van der Waals surface area contributed by atoms with Gasteiger partial charge in [0.05, 0.1) is 12.5 Å². The van der Waals surface area contributed by atoms with E-state index in [-0.39, 0.29) is 5.78 Å².